The van der Waals surface area contributed by atoms with Gasteiger partial charge in [0.05, 0.1) is 41.6 Å². The Kier molecular flexibility index (Phi) is 6.96. The van der Waals surface area contributed by atoms with E-state index in [-0.39, 0.29) is 24.4 Å². The summed E-state index contributed by atoms with van der Waals surface area (Å²) in [7, 11) is 2.17. The molecule has 2 amide bonds. The van der Waals surface area contributed by atoms with E-state index >= 15 is 0 Å². The molecule has 6 atom stereocenters. The molecule has 4 heterocycles. The van der Waals surface area contributed by atoms with Gasteiger partial charge in [0, 0.05) is 18.0 Å². The molecular formula is C43H43N7O3. The highest BCUT2D eigenvalue weighted by atomic mass is 16.3. The Morgan fingerprint density at radius 3 is 2.45 bits per heavy atom. The fourth-order valence-corrected chi connectivity index (χ4v) is 10.9. The lowest BCUT2D eigenvalue weighted by Crippen LogP contribution is -2.37. The fraction of sp³-hybridized carbons (Fsp3) is 0.395. The van der Waals surface area contributed by atoms with Crippen LogP contribution in [0.4, 0.5) is 0 Å². The van der Waals surface area contributed by atoms with E-state index in [9.17, 15) is 14.7 Å². The lowest BCUT2D eigenvalue weighted by atomic mass is 9.79. The standard InChI is InChI=1S/C43H43N7O3/c1-49-14-2-4-34(49)42-45-19-33(48-42)28-12-11-27(39-29-18-30(29)41(53)40(28)39)26-10-9-25(37-23-6-7-24(16-23)38(26)37)22-8-13-31-32(17-22)47-43(46-31)35-5-3-15-50(35)36(52)20-44-21-51/h8-13,17-19,21,23-24,29,34-35,41,53H,2-7,14-16,20H2,1H3,(H,44,51)(H,45,48)(H,46,47)/t23?,24?,29?,34-,35-,41?/m0/s1. The molecule has 2 saturated heterocycles. The van der Waals surface area contributed by atoms with Crippen LogP contribution in [0.1, 0.15) is 115 Å². The summed E-state index contributed by atoms with van der Waals surface area (Å²) in [5, 5.41) is 14.1. The molecule has 3 aromatic carbocycles. The minimum absolute atomic E-state index is 0.00296. The van der Waals surface area contributed by atoms with Crippen molar-refractivity contribution in [1.82, 2.24) is 35.1 Å². The van der Waals surface area contributed by atoms with Crippen molar-refractivity contribution in [3.05, 3.63) is 94.2 Å². The van der Waals surface area contributed by atoms with E-state index in [0.29, 0.717) is 30.8 Å². The summed E-state index contributed by atoms with van der Waals surface area (Å²) in [6.07, 6.45) is 11.9. The first-order chi connectivity index (χ1) is 26.0. The van der Waals surface area contributed by atoms with Crippen molar-refractivity contribution in [2.75, 3.05) is 26.7 Å². The number of carbonyl (C=O) groups excluding carboxylic acids is 2. The third kappa shape index (κ3) is 4.71. The molecule has 11 rings (SSSR count). The molecule has 5 aromatic rings. The van der Waals surface area contributed by atoms with E-state index in [1.807, 2.05) is 11.1 Å². The first-order valence-electron chi connectivity index (χ1n) is 19.4. The van der Waals surface area contributed by atoms with Gasteiger partial charge in [-0.15, -0.1) is 0 Å². The van der Waals surface area contributed by atoms with E-state index in [2.05, 4.69) is 75.8 Å². The van der Waals surface area contributed by atoms with Gasteiger partial charge >= 0.3 is 0 Å². The number of allylic oxidation sites excluding steroid dienone is 1. The Morgan fingerprint density at radius 1 is 0.887 bits per heavy atom. The summed E-state index contributed by atoms with van der Waals surface area (Å²) in [6, 6.07) is 15.9. The third-order valence-corrected chi connectivity index (χ3v) is 13.4. The third-order valence-electron chi connectivity index (χ3n) is 13.4. The molecule has 2 aromatic heterocycles. The lowest BCUT2D eigenvalue weighted by Gasteiger charge is -2.25. The summed E-state index contributed by atoms with van der Waals surface area (Å²) in [5.41, 5.74) is 15.4. The van der Waals surface area contributed by atoms with Gasteiger partial charge in [0.2, 0.25) is 12.3 Å². The van der Waals surface area contributed by atoms with E-state index in [1.54, 1.807) is 0 Å². The zero-order valence-electron chi connectivity index (χ0n) is 29.9. The number of nitrogens with zero attached hydrogens (tertiary/aromatic N) is 4. The quantitative estimate of drug-likeness (QED) is 0.103. The summed E-state index contributed by atoms with van der Waals surface area (Å²) in [4.78, 5) is 44.8. The Hall–Kier alpha value is -5.06. The average molecular weight is 706 g/mol. The molecule has 10 nitrogen and oxygen atoms in total. The molecule has 0 radical (unpaired) electrons. The van der Waals surface area contributed by atoms with Crippen LogP contribution in [0, 0.1) is 0 Å². The topological polar surface area (TPSA) is 130 Å². The van der Waals surface area contributed by atoms with Gasteiger partial charge in [0.1, 0.15) is 17.8 Å². The second kappa shape index (κ2) is 11.7. The summed E-state index contributed by atoms with van der Waals surface area (Å²) < 4.78 is 0. The number of imidazole rings is 2. The highest BCUT2D eigenvalue weighted by molar-refractivity contribution is 5.90. The number of carbonyl (C=O) groups is 2. The van der Waals surface area contributed by atoms with Gasteiger partial charge in [-0.3, -0.25) is 14.5 Å². The van der Waals surface area contributed by atoms with E-state index in [1.165, 1.54) is 64.6 Å². The van der Waals surface area contributed by atoms with Crippen molar-refractivity contribution in [3.63, 3.8) is 0 Å². The number of rotatable bonds is 8. The Labute approximate surface area is 307 Å². The van der Waals surface area contributed by atoms with Crippen molar-refractivity contribution in [3.8, 4) is 33.5 Å². The predicted molar refractivity (Wildman–Crippen MR) is 202 cm³/mol. The van der Waals surface area contributed by atoms with Crippen LogP contribution in [0.15, 0.2) is 60.3 Å². The van der Waals surface area contributed by atoms with Gasteiger partial charge in [0.15, 0.2) is 0 Å². The molecule has 0 spiro atoms. The fourth-order valence-electron chi connectivity index (χ4n) is 10.9. The largest absolute Gasteiger partial charge is 0.384 e. The van der Waals surface area contributed by atoms with Crippen LogP contribution in [0.5, 0.6) is 0 Å². The number of benzene rings is 3. The van der Waals surface area contributed by atoms with Crippen molar-refractivity contribution in [2.24, 2.45) is 0 Å². The Morgan fingerprint density at radius 2 is 1.64 bits per heavy atom. The van der Waals surface area contributed by atoms with E-state index in [0.717, 1.165) is 70.9 Å². The molecular weight excluding hydrogens is 663 g/mol. The maximum atomic E-state index is 12.8. The second-order valence-corrected chi connectivity index (χ2v) is 16.1. The molecule has 3 fully saturated rings. The molecule has 10 heteroatoms. The average Bonchev–Trinajstić information content (AvgIpc) is 3.94. The number of aliphatic hydroxyl groups is 1. The number of aromatic nitrogens is 4. The van der Waals surface area contributed by atoms with Gasteiger partial charge in [0.25, 0.3) is 0 Å². The number of hydrogen-bond acceptors (Lipinski definition) is 6. The van der Waals surface area contributed by atoms with E-state index in [4.69, 9.17) is 9.97 Å². The Bertz CT molecular complexity index is 2390. The number of hydrogen-bond donors (Lipinski definition) is 4. The summed E-state index contributed by atoms with van der Waals surface area (Å²) >= 11 is 0. The zero-order valence-corrected chi connectivity index (χ0v) is 29.9. The van der Waals surface area contributed by atoms with Crippen LogP contribution in [-0.4, -0.2) is 73.8 Å². The lowest BCUT2D eigenvalue weighted by molar-refractivity contribution is -0.132. The van der Waals surface area contributed by atoms with Crippen LogP contribution in [0.25, 0.3) is 44.5 Å². The number of likely N-dealkylation sites (tertiary alicyclic amines) is 2. The van der Waals surface area contributed by atoms with Gasteiger partial charge in [-0.2, -0.15) is 0 Å². The molecule has 6 aliphatic rings. The normalized spacial score (nSPS) is 26.6. The molecule has 4 N–H and O–H groups in total. The maximum Gasteiger partial charge on any atom is 0.242 e. The van der Waals surface area contributed by atoms with Crippen molar-refractivity contribution < 1.29 is 14.7 Å². The van der Waals surface area contributed by atoms with Crippen LogP contribution in [-0.2, 0) is 9.59 Å². The zero-order chi connectivity index (χ0) is 35.5. The number of fused-ring (bicyclic) bond motifs is 9. The number of aliphatic hydroxyl groups excluding tert-OH is 1. The monoisotopic (exact) mass is 705 g/mol. The predicted octanol–water partition coefficient (Wildman–Crippen LogP) is 6.90. The molecule has 1 saturated carbocycles. The number of amides is 2. The minimum atomic E-state index is -0.580. The minimum Gasteiger partial charge on any atom is -0.384 e. The van der Waals surface area contributed by atoms with Crippen LogP contribution in [0.3, 0.4) is 0 Å². The second-order valence-electron chi connectivity index (χ2n) is 16.1. The number of aromatic amines is 2. The van der Waals surface area contributed by atoms with Crippen LogP contribution in [0.2, 0.25) is 0 Å². The number of H-pyrrole nitrogens is 2. The molecule has 268 valence electrons. The Balaban J connectivity index is 0.971. The number of nitrogens with one attached hydrogen (secondary N) is 3. The van der Waals surface area contributed by atoms with Crippen LogP contribution < -0.4 is 5.32 Å². The van der Waals surface area contributed by atoms with E-state index < -0.39 is 6.10 Å². The van der Waals surface area contributed by atoms with Gasteiger partial charge in [-0.1, -0.05) is 36.4 Å². The molecule has 2 aliphatic heterocycles. The first kappa shape index (κ1) is 31.5. The molecule has 4 unspecified atom stereocenters. The first-order valence-corrected chi connectivity index (χ1v) is 19.4. The van der Waals surface area contributed by atoms with Gasteiger partial charge in [-0.25, -0.2) is 9.97 Å². The SMILES string of the molecule is CN1CCC[C@H]1c1ncc(-c2ccc(-c3ccc(-c4ccc5nc([C@@H]6CCCN6C(=O)CNC=O)[nH]c5c4)c4c3C3CCC4C3)c3c2C(O)C2=CC23)[nH]1. The molecule has 53 heavy (non-hydrogen) atoms. The van der Waals surface area contributed by atoms with Crippen molar-refractivity contribution in [1.29, 1.82) is 0 Å². The van der Waals surface area contributed by atoms with Gasteiger partial charge < -0.3 is 25.3 Å². The highest BCUT2D eigenvalue weighted by Crippen LogP contribution is 2.63. The van der Waals surface area contributed by atoms with Crippen molar-refractivity contribution in [2.45, 2.75) is 80.9 Å². The van der Waals surface area contributed by atoms with Gasteiger partial charge in [-0.05, 0) is 133 Å². The molecule has 2 bridgehead atoms. The highest BCUT2D eigenvalue weighted by Gasteiger charge is 2.47. The molecule has 4 aliphatic carbocycles. The summed E-state index contributed by atoms with van der Waals surface area (Å²) in [6.45, 7) is 1.76. The maximum absolute atomic E-state index is 12.8. The smallest absolute Gasteiger partial charge is 0.242 e. The summed E-state index contributed by atoms with van der Waals surface area (Å²) in [5.74, 6) is 3.02. The van der Waals surface area contributed by atoms with Crippen molar-refractivity contribution >= 4 is 23.4 Å². The van der Waals surface area contributed by atoms with Crippen LogP contribution >= 0.6 is 0 Å².